The molecule has 4 nitrogen and oxygen atoms in total. The van der Waals surface area contributed by atoms with Gasteiger partial charge in [0.2, 0.25) is 0 Å². The maximum absolute atomic E-state index is 11.6. The molecule has 5 heteroatoms. The number of hydrogen-bond donors (Lipinski definition) is 1. The molecule has 1 N–H and O–H groups in total. The van der Waals surface area contributed by atoms with Crippen LogP contribution in [0.2, 0.25) is 0 Å². The number of likely N-dealkylation sites (tertiary alicyclic amines) is 1. The monoisotopic (exact) mass is 355 g/mol. The van der Waals surface area contributed by atoms with E-state index in [1.54, 1.807) is 7.11 Å². The number of benzene rings is 1. The summed E-state index contributed by atoms with van der Waals surface area (Å²) < 4.78 is 6.10. The number of halogens is 1. The van der Waals surface area contributed by atoms with E-state index in [1.165, 1.54) is 0 Å². The molecule has 21 heavy (non-hydrogen) atoms. The van der Waals surface area contributed by atoms with Crippen molar-refractivity contribution in [3.05, 3.63) is 28.2 Å². The van der Waals surface area contributed by atoms with Crippen molar-refractivity contribution in [2.24, 2.45) is 5.92 Å². The third-order valence-electron chi connectivity index (χ3n) is 4.19. The van der Waals surface area contributed by atoms with Crippen LogP contribution < -0.4 is 4.74 Å². The van der Waals surface area contributed by atoms with Crippen molar-refractivity contribution in [2.75, 3.05) is 20.2 Å². The highest BCUT2D eigenvalue weighted by atomic mass is 79.9. The fourth-order valence-electron chi connectivity index (χ4n) is 2.85. The molecule has 2 rings (SSSR count). The van der Waals surface area contributed by atoms with Crippen LogP contribution >= 0.6 is 15.9 Å². The number of hydrogen-bond acceptors (Lipinski definition) is 3. The highest BCUT2D eigenvalue weighted by molar-refractivity contribution is 9.10. The van der Waals surface area contributed by atoms with Crippen LogP contribution in [0.25, 0.3) is 0 Å². The second kappa shape index (κ2) is 5.97. The Morgan fingerprint density at radius 2 is 2.05 bits per heavy atom. The molecule has 0 spiro atoms. The zero-order valence-corrected chi connectivity index (χ0v) is 14.5. The highest BCUT2D eigenvalue weighted by Crippen LogP contribution is 2.38. The van der Waals surface area contributed by atoms with Crippen molar-refractivity contribution in [1.29, 1.82) is 0 Å². The van der Waals surface area contributed by atoms with Gasteiger partial charge in [-0.2, -0.15) is 0 Å². The van der Waals surface area contributed by atoms with E-state index in [0.717, 1.165) is 22.3 Å². The number of ether oxygens (including phenoxy) is 1. The third kappa shape index (κ3) is 3.40. The third-order valence-corrected chi connectivity index (χ3v) is 4.81. The Balaban J connectivity index is 2.32. The lowest BCUT2D eigenvalue weighted by atomic mass is 9.89. The summed E-state index contributed by atoms with van der Waals surface area (Å²) in [6.07, 6.45) is 0. The van der Waals surface area contributed by atoms with E-state index in [4.69, 9.17) is 4.74 Å². The molecular weight excluding hydrogens is 334 g/mol. The summed E-state index contributed by atoms with van der Waals surface area (Å²) in [6.45, 7) is 7.72. The standard InChI is InChI=1S/C16H22BrNO3/c1-16(2,3)18-8-11(12(9-18)15(19)20)10-5-6-14(21-4)13(17)7-10/h5-7,11-12H,8-9H2,1-4H3,(H,19,20)/t11-,12+/m0/s1. The van der Waals surface area contributed by atoms with Gasteiger partial charge >= 0.3 is 5.97 Å². The normalized spacial score (nSPS) is 23.3. The number of carbonyl (C=O) groups is 1. The molecule has 1 saturated heterocycles. The summed E-state index contributed by atoms with van der Waals surface area (Å²) in [5, 5.41) is 9.54. The minimum Gasteiger partial charge on any atom is -0.496 e. The molecule has 0 saturated carbocycles. The first kappa shape index (κ1) is 16.3. The van der Waals surface area contributed by atoms with Gasteiger partial charge in [-0.05, 0) is 54.4 Å². The molecule has 2 atom stereocenters. The van der Waals surface area contributed by atoms with E-state index in [1.807, 2.05) is 18.2 Å². The average Bonchev–Trinajstić information content (AvgIpc) is 2.83. The van der Waals surface area contributed by atoms with Crippen LogP contribution in [-0.4, -0.2) is 41.7 Å². The molecule has 0 aromatic heterocycles. The predicted octanol–water partition coefficient (Wildman–Crippen LogP) is 3.36. The summed E-state index contributed by atoms with van der Waals surface area (Å²) in [6, 6.07) is 5.83. The number of rotatable bonds is 3. The van der Waals surface area contributed by atoms with Crippen LogP contribution in [0.15, 0.2) is 22.7 Å². The summed E-state index contributed by atoms with van der Waals surface area (Å²) in [5.74, 6) is -0.330. The van der Waals surface area contributed by atoms with E-state index >= 15 is 0 Å². The lowest BCUT2D eigenvalue weighted by Gasteiger charge is -2.31. The van der Waals surface area contributed by atoms with Crippen LogP contribution in [0.5, 0.6) is 5.75 Å². The molecular formula is C16H22BrNO3. The van der Waals surface area contributed by atoms with Gasteiger partial charge in [-0.15, -0.1) is 0 Å². The zero-order valence-electron chi connectivity index (χ0n) is 12.9. The van der Waals surface area contributed by atoms with Crippen molar-refractivity contribution < 1.29 is 14.6 Å². The fourth-order valence-corrected chi connectivity index (χ4v) is 3.41. The zero-order chi connectivity index (χ0) is 15.8. The molecule has 1 aromatic carbocycles. The van der Waals surface area contributed by atoms with E-state index in [2.05, 4.69) is 41.6 Å². The van der Waals surface area contributed by atoms with Crippen LogP contribution in [0, 0.1) is 5.92 Å². The van der Waals surface area contributed by atoms with Gasteiger partial charge in [-0.1, -0.05) is 6.07 Å². The van der Waals surface area contributed by atoms with E-state index in [9.17, 15) is 9.90 Å². The number of carboxylic acids is 1. The van der Waals surface area contributed by atoms with Crippen molar-refractivity contribution >= 4 is 21.9 Å². The lowest BCUT2D eigenvalue weighted by molar-refractivity contribution is -0.141. The largest absolute Gasteiger partial charge is 0.496 e. The Hall–Kier alpha value is -1.07. The van der Waals surface area contributed by atoms with Crippen molar-refractivity contribution in [2.45, 2.75) is 32.2 Å². The first-order chi connectivity index (χ1) is 9.74. The minimum atomic E-state index is -0.723. The molecule has 0 bridgehead atoms. The second-order valence-corrected chi connectivity index (χ2v) is 7.38. The van der Waals surface area contributed by atoms with E-state index < -0.39 is 5.97 Å². The van der Waals surface area contributed by atoms with Crippen molar-refractivity contribution in [3.8, 4) is 5.75 Å². The Morgan fingerprint density at radius 1 is 1.38 bits per heavy atom. The van der Waals surface area contributed by atoms with Gasteiger partial charge in [-0.25, -0.2) is 0 Å². The van der Waals surface area contributed by atoms with Crippen LogP contribution in [-0.2, 0) is 4.79 Å². The molecule has 0 radical (unpaired) electrons. The molecule has 0 amide bonds. The molecule has 1 aliphatic rings. The van der Waals surface area contributed by atoms with Crippen LogP contribution in [0.1, 0.15) is 32.3 Å². The first-order valence-electron chi connectivity index (χ1n) is 7.05. The summed E-state index contributed by atoms with van der Waals surface area (Å²) in [5.41, 5.74) is 1.02. The molecule has 1 fully saturated rings. The second-order valence-electron chi connectivity index (χ2n) is 6.52. The van der Waals surface area contributed by atoms with Gasteiger partial charge in [0.25, 0.3) is 0 Å². The van der Waals surface area contributed by atoms with Gasteiger partial charge in [-0.3, -0.25) is 9.69 Å². The quantitative estimate of drug-likeness (QED) is 0.902. The number of methoxy groups -OCH3 is 1. The molecule has 1 aliphatic heterocycles. The van der Waals surface area contributed by atoms with Crippen LogP contribution in [0.3, 0.4) is 0 Å². The maximum Gasteiger partial charge on any atom is 0.308 e. The van der Waals surface area contributed by atoms with Gasteiger partial charge in [0, 0.05) is 24.5 Å². The predicted molar refractivity (Wildman–Crippen MR) is 85.9 cm³/mol. The Kier molecular flexibility index (Phi) is 4.63. The summed E-state index contributed by atoms with van der Waals surface area (Å²) in [4.78, 5) is 13.8. The molecule has 0 unspecified atom stereocenters. The Morgan fingerprint density at radius 3 is 2.52 bits per heavy atom. The van der Waals surface area contributed by atoms with E-state index in [0.29, 0.717) is 6.54 Å². The minimum absolute atomic E-state index is 0.00364. The topological polar surface area (TPSA) is 49.8 Å². The summed E-state index contributed by atoms with van der Waals surface area (Å²) in [7, 11) is 1.62. The Bertz CT molecular complexity index is 539. The van der Waals surface area contributed by atoms with Gasteiger partial charge in [0.15, 0.2) is 0 Å². The smallest absolute Gasteiger partial charge is 0.308 e. The summed E-state index contributed by atoms with van der Waals surface area (Å²) >= 11 is 3.48. The van der Waals surface area contributed by atoms with Crippen molar-refractivity contribution in [3.63, 3.8) is 0 Å². The van der Waals surface area contributed by atoms with E-state index in [-0.39, 0.29) is 17.4 Å². The van der Waals surface area contributed by atoms with Gasteiger partial charge in [0.1, 0.15) is 5.75 Å². The average molecular weight is 356 g/mol. The van der Waals surface area contributed by atoms with Gasteiger partial charge in [0.05, 0.1) is 17.5 Å². The Labute approximate surface area is 134 Å². The highest BCUT2D eigenvalue weighted by Gasteiger charge is 2.42. The first-order valence-corrected chi connectivity index (χ1v) is 7.84. The molecule has 0 aliphatic carbocycles. The van der Waals surface area contributed by atoms with Crippen LogP contribution in [0.4, 0.5) is 0 Å². The fraction of sp³-hybridized carbons (Fsp3) is 0.562. The SMILES string of the molecule is COc1ccc([C@@H]2CN(C(C)(C)C)C[C@H]2C(=O)O)cc1Br. The number of carboxylic acid groups (broad SMARTS) is 1. The molecule has 1 heterocycles. The molecule has 116 valence electrons. The van der Waals surface area contributed by atoms with Gasteiger partial charge < -0.3 is 9.84 Å². The maximum atomic E-state index is 11.6. The van der Waals surface area contributed by atoms with Crippen molar-refractivity contribution in [1.82, 2.24) is 4.90 Å². The lowest BCUT2D eigenvalue weighted by Crippen LogP contribution is -2.40. The number of aliphatic carboxylic acids is 1. The number of nitrogens with zero attached hydrogens (tertiary/aromatic N) is 1. The molecule has 1 aromatic rings.